The van der Waals surface area contributed by atoms with E-state index in [0.29, 0.717) is 0 Å². The molecule has 8 nitrogen and oxygen atoms in total. The van der Waals surface area contributed by atoms with Crippen LogP contribution in [-0.4, -0.2) is 40.2 Å². The van der Waals surface area contributed by atoms with Gasteiger partial charge in [0.05, 0.1) is 6.42 Å². The van der Waals surface area contributed by atoms with E-state index in [-0.39, 0.29) is 16.8 Å². The highest BCUT2D eigenvalue weighted by Gasteiger charge is 2.37. The Bertz CT molecular complexity index is 524. The molecule has 0 radical (unpaired) electrons. The molecule has 0 aromatic carbocycles. The van der Waals surface area contributed by atoms with Gasteiger partial charge in [0, 0.05) is 5.92 Å². The van der Waals surface area contributed by atoms with Crippen LogP contribution in [0.3, 0.4) is 0 Å². The summed E-state index contributed by atoms with van der Waals surface area (Å²) in [5, 5.41) is 0.152. The summed E-state index contributed by atoms with van der Waals surface area (Å²) in [6.07, 6.45) is -1.49. The lowest BCUT2D eigenvalue weighted by Gasteiger charge is -2.26. The zero-order valence-electron chi connectivity index (χ0n) is 15.0. The van der Waals surface area contributed by atoms with Crippen LogP contribution in [0.15, 0.2) is 0 Å². The minimum absolute atomic E-state index is 0.152. The van der Waals surface area contributed by atoms with Gasteiger partial charge < -0.3 is 9.47 Å². The number of ether oxygens (including phenoxy) is 2. The van der Waals surface area contributed by atoms with Crippen LogP contribution in [0.1, 0.15) is 60.8 Å². The standard InChI is InChI=1S/C16H25NO7/c1-15(2,3)22-13(20)17(24-14(21)23-16(4,5)6)12(19)9-11(18)10-7-8-10/h10H,7-9H2,1-6H3. The van der Waals surface area contributed by atoms with Gasteiger partial charge in [-0.2, -0.15) is 0 Å². The summed E-state index contributed by atoms with van der Waals surface area (Å²) < 4.78 is 9.95. The molecule has 1 saturated carbocycles. The van der Waals surface area contributed by atoms with E-state index in [1.54, 1.807) is 41.5 Å². The highest BCUT2D eigenvalue weighted by molar-refractivity contribution is 6.04. The predicted molar refractivity (Wildman–Crippen MR) is 82.7 cm³/mol. The molecule has 0 saturated heterocycles. The highest BCUT2D eigenvalue weighted by atomic mass is 16.8. The van der Waals surface area contributed by atoms with Crippen LogP contribution in [0.2, 0.25) is 0 Å². The molecule has 0 bridgehead atoms. The maximum Gasteiger partial charge on any atom is 0.534 e. The van der Waals surface area contributed by atoms with Gasteiger partial charge in [0.1, 0.15) is 17.0 Å². The van der Waals surface area contributed by atoms with E-state index in [9.17, 15) is 19.2 Å². The third-order valence-electron chi connectivity index (χ3n) is 2.70. The molecule has 0 heterocycles. The lowest BCUT2D eigenvalue weighted by molar-refractivity contribution is -0.171. The van der Waals surface area contributed by atoms with Gasteiger partial charge in [-0.05, 0) is 54.4 Å². The highest BCUT2D eigenvalue weighted by Crippen LogP contribution is 2.31. The number of nitrogens with zero attached hydrogens (tertiary/aromatic N) is 1. The van der Waals surface area contributed by atoms with Crippen LogP contribution in [0.4, 0.5) is 9.59 Å². The molecular formula is C16H25NO7. The normalized spacial score (nSPS) is 14.6. The first-order valence-electron chi connectivity index (χ1n) is 7.78. The van der Waals surface area contributed by atoms with Crippen molar-refractivity contribution in [3.05, 3.63) is 0 Å². The number of ketones is 1. The average Bonchev–Trinajstić information content (AvgIpc) is 3.14. The third kappa shape index (κ3) is 7.43. The topological polar surface area (TPSA) is 99.2 Å². The molecule has 0 aromatic heterocycles. The van der Waals surface area contributed by atoms with Crippen molar-refractivity contribution in [3.63, 3.8) is 0 Å². The Morgan fingerprint density at radius 1 is 0.917 bits per heavy atom. The van der Waals surface area contributed by atoms with E-state index >= 15 is 0 Å². The lowest BCUT2D eigenvalue weighted by Crippen LogP contribution is -2.43. The Labute approximate surface area is 141 Å². The lowest BCUT2D eigenvalue weighted by atomic mass is 10.2. The molecule has 0 atom stereocenters. The van der Waals surface area contributed by atoms with Crippen molar-refractivity contribution in [2.75, 3.05) is 0 Å². The average molecular weight is 343 g/mol. The molecule has 2 amide bonds. The summed E-state index contributed by atoms with van der Waals surface area (Å²) in [6, 6.07) is 0. The van der Waals surface area contributed by atoms with Crippen molar-refractivity contribution < 1.29 is 33.5 Å². The van der Waals surface area contributed by atoms with Gasteiger partial charge in [-0.15, -0.1) is 0 Å². The molecule has 1 fully saturated rings. The molecule has 0 N–H and O–H groups in total. The Morgan fingerprint density at radius 2 is 1.42 bits per heavy atom. The fraction of sp³-hybridized carbons (Fsp3) is 0.750. The van der Waals surface area contributed by atoms with Gasteiger partial charge in [-0.1, -0.05) is 5.06 Å². The first kappa shape index (κ1) is 19.9. The predicted octanol–water partition coefficient (Wildman–Crippen LogP) is 2.99. The number of hydrogen-bond acceptors (Lipinski definition) is 7. The molecule has 1 aliphatic carbocycles. The zero-order valence-corrected chi connectivity index (χ0v) is 15.0. The summed E-state index contributed by atoms with van der Waals surface area (Å²) in [5.41, 5.74) is -1.78. The Hall–Kier alpha value is -2.12. The second kappa shape index (κ2) is 7.19. The van der Waals surface area contributed by atoms with Crippen LogP contribution >= 0.6 is 0 Å². The number of amides is 2. The van der Waals surface area contributed by atoms with E-state index < -0.39 is 35.8 Å². The van der Waals surface area contributed by atoms with Crippen LogP contribution in [0, 0.1) is 5.92 Å². The third-order valence-corrected chi connectivity index (χ3v) is 2.70. The van der Waals surface area contributed by atoms with Gasteiger partial charge in [0.15, 0.2) is 0 Å². The summed E-state index contributed by atoms with van der Waals surface area (Å²) >= 11 is 0. The fourth-order valence-corrected chi connectivity index (χ4v) is 1.61. The summed E-state index contributed by atoms with van der Waals surface area (Å²) in [5.74, 6) is -1.41. The van der Waals surface area contributed by atoms with Crippen molar-refractivity contribution in [2.45, 2.75) is 72.0 Å². The first-order chi connectivity index (χ1) is 10.8. The van der Waals surface area contributed by atoms with Crippen LogP contribution < -0.4 is 0 Å². The van der Waals surface area contributed by atoms with Gasteiger partial charge in [-0.25, -0.2) is 9.59 Å². The molecule has 1 aliphatic rings. The monoisotopic (exact) mass is 343 g/mol. The minimum atomic E-state index is -1.24. The zero-order chi connectivity index (χ0) is 18.7. The van der Waals surface area contributed by atoms with Gasteiger partial charge >= 0.3 is 12.2 Å². The SMILES string of the molecule is CC(C)(C)OC(=O)ON(C(=O)CC(=O)C1CC1)C(=O)OC(C)(C)C. The second-order valence-corrected chi connectivity index (χ2v) is 7.64. The number of carbonyl (C=O) groups excluding carboxylic acids is 4. The van der Waals surface area contributed by atoms with Gasteiger partial charge in [0.2, 0.25) is 0 Å². The summed E-state index contributed by atoms with van der Waals surface area (Å²) in [4.78, 5) is 52.5. The number of imide groups is 1. The maximum atomic E-state index is 12.2. The fourth-order valence-electron chi connectivity index (χ4n) is 1.61. The van der Waals surface area contributed by atoms with Gasteiger partial charge in [0.25, 0.3) is 5.91 Å². The Balaban J connectivity index is 2.81. The van der Waals surface area contributed by atoms with E-state index in [1.165, 1.54) is 0 Å². The summed E-state index contributed by atoms with van der Waals surface area (Å²) in [6.45, 7) is 9.59. The van der Waals surface area contributed by atoms with Crippen molar-refractivity contribution >= 4 is 23.9 Å². The maximum absolute atomic E-state index is 12.2. The van der Waals surface area contributed by atoms with Crippen molar-refractivity contribution in [2.24, 2.45) is 5.92 Å². The molecule has 136 valence electrons. The molecule has 8 heteroatoms. The summed E-state index contributed by atoms with van der Waals surface area (Å²) in [7, 11) is 0. The van der Waals surface area contributed by atoms with Crippen LogP contribution in [0.25, 0.3) is 0 Å². The van der Waals surface area contributed by atoms with Crippen molar-refractivity contribution in [3.8, 4) is 0 Å². The molecule has 0 spiro atoms. The Kier molecular flexibility index (Phi) is 5.97. The quantitative estimate of drug-likeness (QED) is 0.441. The molecule has 0 unspecified atom stereocenters. The minimum Gasteiger partial charge on any atom is -0.441 e. The number of rotatable bonds is 3. The van der Waals surface area contributed by atoms with E-state index in [1.807, 2.05) is 0 Å². The number of Topliss-reactive ketones (excluding diaryl/α,β-unsaturated/α-hetero) is 1. The smallest absolute Gasteiger partial charge is 0.441 e. The van der Waals surface area contributed by atoms with E-state index in [4.69, 9.17) is 14.3 Å². The van der Waals surface area contributed by atoms with E-state index in [2.05, 4.69) is 0 Å². The molecule has 0 aliphatic heterocycles. The number of carbonyl (C=O) groups is 4. The number of hydroxylamine groups is 2. The number of hydrogen-bond donors (Lipinski definition) is 0. The molecular weight excluding hydrogens is 318 g/mol. The Morgan fingerprint density at radius 3 is 1.83 bits per heavy atom. The van der Waals surface area contributed by atoms with E-state index in [0.717, 1.165) is 12.8 Å². The van der Waals surface area contributed by atoms with Crippen LogP contribution in [-0.2, 0) is 23.9 Å². The largest absolute Gasteiger partial charge is 0.534 e. The van der Waals surface area contributed by atoms with Crippen molar-refractivity contribution in [1.29, 1.82) is 0 Å². The van der Waals surface area contributed by atoms with Gasteiger partial charge in [-0.3, -0.25) is 14.4 Å². The second-order valence-electron chi connectivity index (χ2n) is 7.64. The van der Waals surface area contributed by atoms with Crippen molar-refractivity contribution in [1.82, 2.24) is 5.06 Å². The molecule has 24 heavy (non-hydrogen) atoms. The first-order valence-corrected chi connectivity index (χ1v) is 7.78. The van der Waals surface area contributed by atoms with Crippen LogP contribution in [0.5, 0.6) is 0 Å². The molecule has 1 rings (SSSR count). The molecule has 0 aromatic rings.